The summed E-state index contributed by atoms with van der Waals surface area (Å²) in [5, 5.41) is 6.35. The van der Waals surface area contributed by atoms with Gasteiger partial charge in [0, 0.05) is 17.3 Å². The number of hydrogen-bond donors (Lipinski definition) is 3. The van der Waals surface area contributed by atoms with Gasteiger partial charge in [0.25, 0.3) is 5.91 Å². The van der Waals surface area contributed by atoms with Gasteiger partial charge in [0.05, 0.1) is 24.7 Å². The molecular weight excluding hydrogens is 554 g/mol. The van der Waals surface area contributed by atoms with E-state index < -0.39 is 15.9 Å². The second kappa shape index (κ2) is 13.1. The average Bonchev–Trinajstić information content (AvgIpc) is 3.17. The molecule has 1 fully saturated rings. The number of anilines is 2. The second-order valence-electron chi connectivity index (χ2n) is 11.9. The minimum absolute atomic E-state index is 0.211. The van der Waals surface area contributed by atoms with Gasteiger partial charge in [0.2, 0.25) is 15.9 Å². The number of benzene rings is 2. The van der Waals surface area contributed by atoms with Crippen molar-refractivity contribution in [1.82, 2.24) is 15.3 Å². The second-order valence-corrected chi connectivity index (χ2v) is 13.6. The van der Waals surface area contributed by atoms with Crippen molar-refractivity contribution in [3.63, 3.8) is 0 Å². The number of aromatic nitrogens is 2. The molecule has 0 aliphatic carbocycles. The Morgan fingerprint density at radius 3 is 2.55 bits per heavy atom. The van der Waals surface area contributed by atoms with Gasteiger partial charge >= 0.3 is 0 Å². The first-order chi connectivity index (χ1) is 19.8. The van der Waals surface area contributed by atoms with E-state index in [-0.39, 0.29) is 16.9 Å². The van der Waals surface area contributed by atoms with Gasteiger partial charge in [-0.05, 0) is 92.4 Å². The van der Waals surface area contributed by atoms with E-state index in [1.54, 1.807) is 24.3 Å². The Balaban J connectivity index is 1.58. The third-order valence-electron chi connectivity index (χ3n) is 7.26. The molecule has 1 aliphatic rings. The zero-order chi connectivity index (χ0) is 30.5. The predicted octanol–water partition coefficient (Wildman–Crippen LogP) is 5.44. The average molecular weight is 596 g/mol. The Kier molecular flexibility index (Phi) is 9.73. The Morgan fingerprint density at radius 1 is 1.07 bits per heavy atom. The number of nitrogens with zero attached hydrogens (tertiary/aromatic N) is 2. The van der Waals surface area contributed by atoms with E-state index in [0.29, 0.717) is 28.8 Å². The number of hydrogen-bond acceptors (Lipinski definition) is 8. The van der Waals surface area contributed by atoms with Crippen LogP contribution in [0.2, 0.25) is 0 Å². The van der Waals surface area contributed by atoms with E-state index in [9.17, 15) is 13.2 Å². The maximum Gasteiger partial charge on any atom is 0.255 e. The molecule has 0 bridgehead atoms. The summed E-state index contributed by atoms with van der Waals surface area (Å²) in [5.74, 6) is 1.30. The van der Waals surface area contributed by atoms with Gasteiger partial charge in [-0.15, -0.1) is 0 Å². The SMILES string of the molecule is COc1c(NC(=O)c2ccc(C)c(Oc3cc(CC4CCCNCC4)ncn3)c2)cc(C(C)(C)C)cc1NS(C)(=O)=O. The minimum atomic E-state index is -3.60. The Hall–Kier alpha value is -3.70. The van der Waals surface area contributed by atoms with Crippen molar-refractivity contribution in [1.29, 1.82) is 0 Å². The van der Waals surface area contributed by atoms with Crippen molar-refractivity contribution in [3.8, 4) is 17.4 Å². The van der Waals surface area contributed by atoms with Crippen LogP contribution in [0.3, 0.4) is 0 Å². The van der Waals surface area contributed by atoms with Crippen molar-refractivity contribution < 1.29 is 22.7 Å². The maximum atomic E-state index is 13.5. The largest absolute Gasteiger partial charge is 0.492 e. The lowest BCUT2D eigenvalue weighted by atomic mass is 9.86. The Bertz CT molecular complexity index is 1530. The molecule has 2 aromatic carbocycles. The molecule has 4 rings (SSSR count). The molecule has 0 saturated carbocycles. The summed E-state index contributed by atoms with van der Waals surface area (Å²) >= 11 is 0. The van der Waals surface area contributed by atoms with Gasteiger partial charge in [-0.3, -0.25) is 9.52 Å². The van der Waals surface area contributed by atoms with E-state index in [2.05, 4.69) is 25.3 Å². The molecule has 3 aromatic rings. The molecule has 1 unspecified atom stereocenters. The van der Waals surface area contributed by atoms with Gasteiger partial charge < -0.3 is 20.1 Å². The third kappa shape index (κ3) is 8.42. The van der Waals surface area contributed by atoms with Crippen LogP contribution < -0.4 is 24.8 Å². The molecule has 1 aromatic heterocycles. The van der Waals surface area contributed by atoms with Gasteiger partial charge in [0.15, 0.2) is 5.75 Å². The topological polar surface area (TPSA) is 132 Å². The van der Waals surface area contributed by atoms with Gasteiger partial charge in [0.1, 0.15) is 12.1 Å². The van der Waals surface area contributed by atoms with Crippen molar-refractivity contribution >= 4 is 27.3 Å². The summed E-state index contributed by atoms with van der Waals surface area (Å²) < 4.78 is 38.3. The first-order valence-corrected chi connectivity index (χ1v) is 16.0. The van der Waals surface area contributed by atoms with Crippen LogP contribution in [-0.4, -0.2) is 50.7 Å². The van der Waals surface area contributed by atoms with Gasteiger partial charge in [-0.25, -0.2) is 18.4 Å². The number of carbonyl (C=O) groups is 1. The van der Waals surface area contributed by atoms with E-state index in [4.69, 9.17) is 9.47 Å². The fourth-order valence-corrected chi connectivity index (χ4v) is 5.50. The highest BCUT2D eigenvalue weighted by Crippen LogP contribution is 2.39. The summed E-state index contributed by atoms with van der Waals surface area (Å²) in [4.78, 5) is 22.2. The highest BCUT2D eigenvalue weighted by atomic mass is 32.2. The molecule has 1 amide bonds. The number of methoxy groups -OCH3 is 1. The van der Waals surface area contributed by atoms with Crippen LogP contribution in [0.15, 0.2) is 42.7 Å². The van der Waals surface area contributed by atoms with Crippen LogP contribution in [0, 0.1) is 12.8 Å². The number of ether oxygens (including phenoxy) is 2. The molecule has 1 atom stereocenters. The molecule has 0 spiro atoms. The lowest BCUT2D eigenvalue weighted by Gasteiger charge is -2.24. The molecule has 42 heavy (non-hydrogen) atoms. The molecule has 3 N–H and O–H groups in total. The highest BCUT2D eigenvalue weighted by molar-refractivity contribution is 7.92. The molecule has 11 heteroatoms. The van der Waals surface area contributed by atoms with Crippen LogP contribution in [-0.2, 0) is 21.9 Å². The summed E-state index contributed by atoms with van der Waals surface area (Å²) in [6.45, 7) is 9.98. The standard InChI is InChI=1S/C31H41N5O5S/c1-20-9-10-22(15-27(20)41-28-18-24(33-19-34-28)14-21-8-7-12-32-13-11-21)30(37)35-25-16-23(31(2,3)4)17-26(29(25)40-5)36-42(6,38)39/h9-10,15-19,21,32,36H,7-8,11-14H2,1-6H3,(H,35,37). The maximum absolute atomic E-state index is 13.5. The van der Waals surface area contributed by atoms with E-state index in [0.717, 1.165) is 55.4 Å². The van der Waals surface area contributed by atoms with Crippen molar-refractivity contribution in [2.75, 3.05) is 36.5 Å². The minimum Gasteiger partial charge on any atom is -0.492 e. The van der Waals surface area contributed by atoms with Crippen LogP contribution in [0.1, 0.15) is 67.2 Å². The normalized spacial score (nSPS) is 15.9. The molecule has 226 valence electrons. The first-order valence-electron chi connectivity index (χ1n) is 14.1. The smallest absolute Gasteiger partial charge is 0.255 e. The van der Waals surface area contributed by atoms with Crippen molar-refractivity contribution in [3.05, 3.63) is 65.1 Å². The third-order valence-corrected chi connectivity index (χ3v) is 7.85. The number of rotatable bonds is 9. The lowest BCUT2D eigenvalue weighted by molar-refractivity contribution is 0.102. The number of aryl methyl sites for hydroxylation is 1. The lowest BCUT2D eigenvalue weighted by Crippen LogP contribution is -2.18. The highest BCUT2D eigenvalue weighted by Gasteiger charge is 2.23. The van der Waals surface area contributed by atoms with Crippen LogP contribution >= 0.6 is 0 Å². The molecular formula is C31H41N5O5S. The van der Waals surface area contributed by atoms with E-state index in [1.165, 1.54) is 19.9 Å². The summed E-state index contributed by atoms with van der Waals surface area (Å²) in [6.07, 6.45) is 6.90. The number of carbonyl (C=O) groups excluding carboxylic acids is 1. The fraction of sp³-hybridized carbons (Fsp3) is 0.452. The molecule has 10 nitrogen and oxygen atoms in total. The molecule has 0 radical (unpaired) electrons. The molecule has 1 aliphatic heterocycles. The monoisotopic (exact) mass is 595 g/mol. The Labute approximate surface area is 248 Å². The van der Waals surface area contributed by atoms with Crippen molar-refractivity contribution in [2.24, 2.45) is 5.92 Å². The van der Waals surface area contributed by atoms with Crippen LogP contribution in [0.25, 0.3) is 0 Å². The summed E-state index contributed by atoms with van der Waals surface area (Å²) in [7, 11) is -2.17. The van der Waals surface area contributed by atoms with Crippen LogP contribution in [0.5, 0.6) is 17.4 Å². The summed E-state index contributed by atoms with van der Waals surface area (Å²) in [6, 6.07) is 10.6. The zero-order valence-corrected chi connectivity index (χ0v) is 26.0. The summed E-state index contributed by atoms with van der Waals surface area (Å²) in [5.41, 5.74) is 3.22. The quantitative estimate of drug-likeness (QED) is 0.298. The fourth-order valence-electron chi connectivity index (χ4n) is 4.94. The molecule has 1 saturated heterocycles. The first kappa shape index (κ1) is 31.2. The molecule has 2 heterocycles. The van der Waals surface area contributed by atoms with Crippen LogP contribution in [0.4, 0.5) is 11.4 Å². The van der Waals surface area contributed by atoms with E-state index >= 15 is 0 Å². The number of nitrogens with one attached hydrogen (secondary N) is 3. The van der Waals surface area contributed by atoms with Crippen molar-refractivity contribution in [2.45, 2.75) is 58.8 Å². The number of amides is 1. The van der Waals surface area contributed by atoms with Gasteiger partial charge in [-0.2, -0.15) is 0 Å². The van der Waals surface area contributed by atoms with E-state index in [1.807, 2.05) is 39.8 Å². The predicted molar refractivity (Wildman–Crippen MR) is 165 cm³/mol. The Morgan fingerprint density at radius 2 is 1.83 bits per heavy atom. The van der Waals surface area contributed by atoms with Gasteiger partial charge in [-0.1, -0.05) is 26.8 Å². The number of sulfonamides is 1. The zero-order valence-electron chi connectivity index (χ0n) is 25.2.